The van der Waals surface area contributed by atoms with Gasteiger partial charge in [-0.3, -0.25) is 0 Å². The Bertz CT molecular complexity index is 113. The molecule has 0 saturated carbocycles. The van der Waals surface area contributed by atoms with E-state index in [1.54, 1.807) is 0 Å². The van der Waals surface area contributed by atoms with Crippen LogP contribution < -0.4 is 0 Å². The minimum atomic E-state index is -0.346. The van der Waals surface area contributed by atoms with Crippen molar-refractivity contribution in [1.82, 2.24) is 0 Å². The van der Waals surface area contributed by atoms with E-state index in [1.807, 2.05) is 0 Å². The van der Waals surface area contributed by atoms with Crippen LogP contribution in [0.15, 0.2) is 0 Å². The Balaban J connectivity index is 3.61. The number of halogens is 1. The molecule has 0 fully saturated rings. The zero-order valence-corrected chi connectivity index (χ0v) is 12.4. The quantitative estimate of drug-likeness (QED) is 0.310. The third-order valence-electron chi connectivity index (χ3n) is 3.59. The zero-order valence-electron chi connectivity index (χ0n) is 10.2. The first-order valence-corrected chi connectivity index (χ1v) is 9.15. The van der Waals surface area contributed by atoms with Crippen molar-refractivity contribution in [2.75, 3.05) is 0 Å². The predicted octanol–water partition coefficient (Wildman–Crippen LogP) is 4.65. The van der Waals surface area contributed by atoms with E-state index < -0.39 is 0 Å². The lowest BCUT2D eigenvalue weighted by Crippen LogP contribution is -2.15. The molecule has 0 N–H and O–H groups in total. The number of unbranched alkanes of at least 4 members (excludes halogenated alkanes) is 4. The van der Waals surface area contributed by atoms with Crippen molar-refractivity contribution in [3.63, 3.8) is 0 Å². The van der Waals surface area contributed by atoms with Crippen molar-refractivity contribution < 1.29 is 0 Å². The second kappa shape index (κ2) is 8.79. The monoisotopic (exact) mass is 234 g/mol. The second-order valence-electron chi connectivity index (χ2n) is 4.50. The molecule has 0 heterocycles. The first kappa shape index (κ1) is 14.5. The average molecular weight is 235 g/mol. The maximum absolute atomic E-state index is 6.20. The van der Waals surface area contributed by atoms with Gasteiger partial charge in [0.05, 0.1) is 0 Å². The molecule has 0 bridgehead atoms. The maximum Gasteiger partial charge on any atom is 0.131 e. The first-order chi connectivity index (χ1) is 6.74. The SMILES string of the molecule is CCCCCCCC(CC)(CC)[SiH2]Cl. The van der Waals surface area contributed by atoms with Gasteiger partial charge < -0.3 is 0 Å². The summed E-state index contributed by atoms with van der Waals surface area (Å²) in [6.45, 7) is 6.89. The Morgan fingerprint density at radius 3 is 1.93 bits per heavy atom. The summed E-state index contributed by atoms with van der Waals surface area (Å²) in [6, 6.07) is 0. The summed E-state index contributed by atoms with van der Waals surface area (Å²) in [5.74, 6) is 0. The van der Waals surface area contributed by atoms with E-state index in [0.29, 0.717) is 5.04 Å². The topological polar surface area (TPSA) is 0 Å². The van der Waals surface area contributed by atoms with E-state index in [4.69, 9.17) is 11.1 Å². The molecule has 0 nitrogen and oxygen atoms in total. The molecule has 86 valence electrons. The van der Waals surface area contributed by atoms with Crippen LogP contribution in [-0.4, -0.2) is 8.83 Å². The molecule has 0 amide bonds. The minimum absolute atomic E-state index is 0.346. The molecule has 0 radical (unpaired) electrons. The van der Waals surface area contributed by atoms with Crippen LogP contribution in [-0.2, 0) is 0 Å². The Hall–Kier alpha value is 0.507. The van der Waals surface area contributed by atoms with Gasteiger partial charge in [-0.2, -0.15) is 11.1 Å². The molecule has 0 saturated heterocycles. The van der Waals surface area contributed by atoms with Crippen LogP contribution in [0.1, 0.15) is 72.1 Å². The molecule has 0 aromatic carbocycles. The van der Waals surface area contributed by atoms with Crippen molar-refractivity contribution >= 4 is 19.9 Å². The molecule has 0 aliphatic carbocycles. The van der Waals surface area contributed by atoms with Gasteiger partial charge in [-0.05, 0) is 11.5 Å². The Labute approximate surface area is 97.3 Å². The lowest BCUT2D eigenvalue weighted by Gasteiger charge is -2.28. The van der Waals surface area contributed by atoms with Crippen LogP contribution in [0.3, 0.4) is 0 Å². The van der Waals surface area contributed by atoms with Crippen LogP contribution in [0.2, 0.25) is 5.04 Å². The van der Waals surface area contributed by atoms with Crippen LogP contribution in [0.4, 0.5) is 0 Å². The largest absolute Gasteiger partial charge is 0.176 e. The summed E-state index contributed by atoms with van der Waals surface area (Å²) < 4.78 is 0. The molecule has 2 heteroatoms. The summed E-state index contributed by atoms with van der Waals surface area (Å²) in [7, 11) is -0.346. The first-order valence-electron chi connectivity index (χ1n) is 6.30. The van der Waals surface area contributed by atoms with Gasteiger partial charge in [-0.25, -0.2) is 0 Å². The highest BCUT2D eigenvalue weighted by atomic mass is 35.6. The number of rotatable bonds is 9. The molecular weight excluding hydrogens is 208 g/mol. The molecule has 0 aliphatic rings. The van der Waals surface area contributed by atoms with Crippen molar-refractivity contribution in [3.05, 3.63) is 0 Å². The Kier molecular flexibility index (Phi) is 9.10. The zero-order chi connectivity index (χ0) is 10.9. The molecule has 0 aromatic rings. The lowest BCUT2D eigenvalue weighted by molar-refractivity contribution is 0.448. The van der Waals surface area contributed by atoms with Crippen molar-refractivity contribution in [1.29, 1.82) is 0 Å². The Morgan fingerprint density at radius 2 is 1.50 bits per heavy atom. The van der Waals surface area contributed by atoms with Crippen LogP contribution >= 0.6 is 11.1 Å². The standard InChI is InChI=1S/C12H27ClSi/c1-4-7-8-9-10-11-12(5-2,6-3)14-13/h4-11,14H2,1-3H3. The number of hydrogen-bond donors (Lipinski definition) is 0. The van der Waals surface area contributed by atoms with Gasteiger partial charge in [0.15, 0.2) is 0 Å². The summed E-state index contributed by atoms with van der Waals surface area (Å²) in [5.41, 5.74) is 0. The third-order valence-corrected chi connectivity index (χ3v) is 7.22. The molecule has 0 aliphatic heterocycles. The number of hydrogen-bond acceptors (Lipinski definition) is 0. The van der Waals surface area contributed by atoms with E-state index in [-0.39, 0.29) is 8.83 Å². The van der Waals surface area contributed by atoms with Crippen molar-refractivity contribution in [3.8, 4) is 0 Å². The van der Waals surface area contributed by atoms with Crippen molar-refractivity contribution in [2.24, 2.45) is 0 Å². The molecule has 0 unspecified atom stereocenters. The van der Waals surface area contributed by atoms with E-state index in [2.05, 4.69) is 20.8 Å². The van der Waals surface area contributed by atoms with E-state index in [1.165, 1.54) is 51.4 Å². The third kappa shape index (κ3) is 5.40. The van der Waals surface area contributed by atoms with Gasteiger partial charge in [0.25, 0.3) is 0 Å². The van der Waals surface area contributed by atoms with Crippen LogP contribution in [0, 0.1) is 0 Å². The Morgan fingerprint density at radius 1 is 0.929 bits per heavy atom. The molecule has 0 aromatic heterocycles. The highest BCUT2D eigenvalue weighted by Gasteiger charge is 2.24. The molecule has 0 rings (SSSR count). The fraction of sp³-hybridized carbons (Fsp3) is 1.00. The summed E-state index contributed by atoms with van der Waals surface area (Å²) >= 11 is 6.20. The van der Waals surface area contributed by atoms with Crippen molar-refractivity contribution in [2.45, 2.75) is 77.2 Å². The van der Waals surface area contributed by atoms with Gasteiger partial charge in [0.2, 0.25) is 0 Å². The average Bonchev–Trinajstić information content (AvgIpc) is 2.24. The van der Waals surface area contributed by atoms with E-state index in [0.717, 1.165) is 0 Å². The molecule has 14 heavy (non-hydrogen) atoms. The summed E-state index contributed by atoms with van der Waals surface area (Å²) in [6.07, 6.45) is 11.0. The van der Waals surface area contributed by atoms with Crippen LogP contribution in [0.25, 0.3) is 0 Å². The van der Waals surface area contributed by atoms with Gasteiger partial charge in [-0.1, -0.05) is 65.7 Å². The van der Waals surface area contributed by atoms with Gasteiger partial charge in [-0.15, -0.1) is 0 Å². The summed E-state index contributed by atoms with van der Waals surface area (Å²) in [5, 5.41) is 0.577. The predicted molar refractivity (Wildman–Crippen MR) is 71.0 cm³/mol. The maximum atomic E-state index is 6.20. The molecule has 0 spiro atoms. The lowest BCUT2D eigenvalue weighted by atomic mass is 9.94. The smallest absolute Gasteiger partial charge is 0.131 e. The van der Waals surface area contributed by atoms with Crippen LogP contribution in [0.5, 0.6) is 0 Å². The highest BCUT2D eigenvalue weighted by molar-refractivity contribution is 6.95. The van der Waals surface area contributed by atoms with Gasteiger partial charge in [0, 0.05) is 0 Å². The second-order valence-corrected chi connectivity index (χ2v) is 7.07. The fourth-order valence-corrected chi connectivity index (χ4v) is 4.26. The normalized spacial score (nSPS) is 12.9. The molecule has 0 atom stereocenters. The van der Waals surface area contributed by atoms with Gasteiger partial charge in [0.1, 0.15) is 8.83 Å². The van der Waals surface area contributed by atoms with Gasteiger partial charge >= 0.3 is 0 Å². The highest BCUT2D eigenvalue weighted by Crippen LogP contribution is 2.40. The fourth-order valence-electron chi connectivity index (χ4n) is 1.96. The van der Waals surface area contributed by atoms with E-state index >= 15 is 0 Å². The minimum Gasteiger partial charge on any atom is -0.176 e. The molecular formula is C12H27ClSi. The van der Waals surface area contributed by atoms with E-state index in [9.17, 15) is 0 Å². The summed E-state index contributed by atoms with van der Waals surface area (Å²) in [4.78, 5) is 0.